The molecule has 0 radical (unpaired) electrons. The quantitative estimate of drug-likeness (QED) is 0.555. The summed E-state index contributed by atoms with van der Waals surface area (Å²) in [5.41, 5.74) is 3.54. The number of halogens is 5. The van der Waals surface area contributed by atoms with Crippen LogP contribution in [0.2, 0.25) is 0 Å². The highest BCUT2D eigenvalue weighted by molar-refractivity contribution is 5.93. The predicted octanol–water partition coefficient (Wildman–Crippen LogP) is 5.62. The average Bonchev–Trinajstić information content (AvgIpc) is 2.97. The monoisotopic (exact) mass is 360 g/mol. The van der Waals surface area contributed by atoms with Crippen molar-refractivity contribution in [3.05, 3.63) is 22.8 Å². The van der Waals surface area contributed by atoms with Crippen molar-refractivity contribution in [2.45, 2.75) is 63.5 Å². The van der Waals surface area contributed by atoms with Gasteiger partial charge in [0.05, 0.1) is 0 Å². The molecule has 0 heterocycles. The summed E-state index contributed by atoms with van der Waals surface area (Å²) in [6, 6.07) is 0. The second kappa shape index (κ2) is 5.65. The Morgan fingerprint density at radius 3 is 2.32 bits per heavy atom. The molecule has 0 amide bonds. The van der Waals surface area contributed by atoms with E-state index in [1.807, 2.05) is 0 Å². The molecule has 4 rings (SSSR count). The summed E-state index contributed by atoms with van der Waals surface area (Å²) >= 11 is 0. The molecule has 1 nitrogen and oxygen atoms in total. The van der Waals surface area contributed by atoms with Crippen LogP contribution in [0.25, 0.3) is 0 Å². The largest absolute Gasteiger partial charge is 0.453 e. The third kappa shape index (κ3) is 2.58. The van der Waals surface area contributed by atoms with Gasteiger partial charge >= 0.3 is 12.1 Å². The van der Waals surface area contributed by atoms with Gasteiger partial charge < -0.3 is 0 Å². The third-order valence-corrected chi connectivity index (χ3v) is 6.89. The van der Waals surface area contributed by atoms with Crippen molar-refractivity contribution in [3.8, 4) is 0 Å². The van der Waals surface area contributed by atoms with Crippen LogP contribution < -0.4 is 0 Å². The van der Waals surface area contributed by atoms with Crippen molar-refractivity contribution < 1.29 is 26.7 Å². The van der Waals surface area contributed by atoms with Gasteiger partial charge in [0.15, 0.2) is 5.78 Å². The summed E-state index contributed by atoms with van der Waals surface area (Å²) in [5, 5.41) is 0. The van der Waals surface area contributed by atoms with Gasteiger partial charge in [0.2, 0.25) is 0 Å². The molecule has 0 saturated heterocycles. The summed E-state index contributed by atoms with van der Waals surface area (Å²) < 4.78 is 66.4. The number of carbonyl (C=O) groups excluding carboxylic acids is 1. The van der Waals surface area contributed by atoms with E-state index >= 15 is 0 Å². The first kappa shape index (κ1) is 17.2. The van der Waals surface area contributed by atoms with Crippen LogP contribution in [0.15, 0.2) is 22.8 Å². The zero-order chi connectivity index (χ0) is 18.0. The number of fused-ring (bicyclic) bond motifs is 4. The first-order chi connectivity index (χ1) is 11.7. The summed E-state index contributed by atoms with van der Waals surface area (Å²) in [5.74, 6) is -6.50. The van der Waals surface area contributed by atoms with Gasteiger partial charge in [-0.05, 0) is 79.9 Å². The van der Waals surface area contributed by atoms with E-state index in [0.29, 0.717) is 32.1 Å². The Morgan fingerprint density at radius 2 is 1.60 bits per heavy atom. The van der Waals surface area contributed by atoms with Crippen molar-refractivity contribution in [2.24, 2.45) is 23.7 Å². The fraction of sp³-hybridized carbons (Fsp3) is 0.737. The highest BCUT2D eigenvalue weighted by Crippen LogP contribution is 2.60. The van der Waals surface area contributed by atoms with E-state index < -0.39 is 23.9 Å². The van der Waals surface area contributed by atoms with Crippen LogP contribution >= 0.6 is 0 Å². The molecular weight excluding hydrogens is 339 g/mol. The lowest BCUT2D eigenvalue weighted by Crippen LogP contribution is -2.46. The maximum Gasteiger partial charge on any atom is 0.453 e. The molecule has 0 aliphatic heterocycles. The van der Waals surface area contributed by atoms with E-state index in [2.05, 4.69) is 0 Å². The molecule has 0 bridgehead atoms. The molecule has 0 aromatic heterocycles. The van der Waals surface area contributed by atoms with Crippen molar-refractivity contribution in [1.82, 2.24) is 0 Å². The number of hydrogen-bond donors (Lipinski definition) is 0. The number of rotatable bonds is 1. The highest BCUT2D eigenvalue weighted by Gasteiger charge is 2.66. The van der Waals surface area contributed by atoms with Crippen LogP contribution in [-0.4, -0.2) is 17.9 Å². The minimum Gasteiger partial charge on any atom is -0.295 e. The van der Waals surface area contributed by atoms with Gasteiger partial charge in [0, 0.05) is 12.3 Å². The van der Waals surface area contributed by atoms with Gasteiger partial charge in [-0.3, -0.25) is 4.79 Å². The van der Waals surface area contributed by atoms with Crippen molar-refractivity contribution >= 4 is 5.78 Å². The van der Waals surface area contributed by atoms with Crippen LogP contribution in [0.5, 0.6) is 0 Å². The second-order valence-corrected chi connectivity index (χ2v) is 7.96. The van der Waals surface area contributed by atoms with Gasteiger partial charge in [-0.2, -0.15) is 22.0 Å². The smallest absolute Gasteiger partial charge is 0.295 e. The van der Waals surface area contributed by atoms with E-state index in [4.69, 9.17) is 0 Å². The Labute approximate surface area is 143 Å². The first-order valence-electron chi connectivity index (χ1n) is 9.10. The summed E-state index contributed by atoms with van der Waals surface area (Å²) in [6.45, 7) is 0. The zero-order valence-corrected chi connectivity index (χ0v) is 13.8. The van der Waals surface area contributed by atoms with Crippen LogP contribution in [0.1, 0.15) is 51.4 Å². The molecule has 0 N–H and O–H groups in total. The van der Waals surface area contributed by atoms with Crippen LogP contribution in [0.3, 0.4) is 0 Å². The Balaban J connectivity index is 1.63. The highest BCUT2D eigenvalue weighted by atomic mass is 19.4. The maximum absolute atomic E-state index is 14.0. The fourth-order valence-corrected chi connectivity index (χ4v) is 5.87. The normalized spacial score (nSPS) is 35.9. The number of hydrogen-bond acceptors (Lipinski definition) is 1. The molecule has 138 valence electrons. The molecule has 0 aromatic rings. The molecule has 2 fully saturated rings. The molecule has 6 heteroatoms. The Hall–Kier alpha value is -1.20. The van der Waals surface area contributed by atoms with Gasteiger partial charge in [-0.15, -0.1) is 0 Å². The number of ketones is 1. The van der Waals surface area contributed by atoms with Crippen molar-refractivity contribution in [3.63, 3.8) is 0 Å². The summed E-state index contributed by atoms with van der Waals surface area (Å²) in [6.07, 6.45) is 0.411. The van der Waals surface area contributed by atoms with E-state index in [9.17, 15) is 26.7 Å². The van der Waals surface area contributed by atoms with Gasteiger partial charge in [0.1, 0.15) is 0 Å². The van der Waals surface area contributed by atoms with Crippen LogP contribution in [0.4, 0.5) is 22.0 Å². The number of carbonyl (C=O) groups is 1. The predicted molar refractivity (Wildman–Crippen MR) is 82.0 cm³/mol. The van der Waals surface area contributed by atoms with Crippen LogP contribution in [-0.2, 0) is 4.79 Å². The summed E-state index contributed by atoms with van der Waals surface area (Å²) in [4.78, 5) is 11.6. The zero-order valence-electron chi connectivity index (χ0n) is 13.8. The van der Waals surface area contributed by atoms with Gasteiger partial charge in [-0.25, -0.2) is 0 Å². The molecule has 4 atom stereocenters. The van der Waals surface area contributed by atoms with E-state index in [1.54, 1.807) is 6.08 Å². The molecule has 4 aliphatic rings. The lowest BCUT2D eigenvalue weighted by Gasteiger charge is -2.44. The summed E-state index contributed by atoms with van der Waals surface area (Å²) in [7, 11) is 0. The Morgan fingerprint density at radius 1 is 0.840 bits per heavy atom. The number of allylic oxidation sites excluding steroid dienone is 4. The lowest BCUT2D eigenvalue weighted by molar-refractivity contribution is -0.307. The van der Waals surface area contributed by atoms with E-state index in [-0.39, 0.29) is 24.0 Å². The maximum atomic E-state index is 14.0. The van der Waals surface area contributed by atoms with E-state index in [0.717, 1.165) is 18.4 Å². The minimum absolute atomic E-state index is 0.0395. The van der Waals surface area contributed by atoms with Gasteiger partial charge in [0.25, 0.3) is 0 Å². The molecule has 4 unspecified atom stereocenters. The molecular formula is C19H21F5O. The molecule has 0 spiro atoms. The van der Waals surface area contributed by atoms with Gasteiger partial charge in [-0.1, -0.05) is 5.57 Å². The van der Waals surface area contributed by atoms with Crippen LogP contribution in [0, 0.1) is 23.7 Å². The molecule has 4 aliphatic carbocycles. The van der Waals surface area contributed by atoms with Crippen molar-refractivity contribution in [1.29, 1.82) is 0 Å². The molecule has 0 aromatic carbocycles. The Kier molecular flexibility index (Phi) is 3.89. The fourth-order valence-electron chi connectivity index (χ4n) is 5.87. The SMILES string of the molecule is O=C1C=C2CCC3C(=C2CC1)CCC1C3CCC1C(F)(F)C(F)(F)F. The Bertz CT molecular complexity index is 657. The first-order valence-corrected chi connectivity index (χ1v) is 9.10. The third-order valence-electron chi connectivity index (χ3n) is 6.89. The lowest BCUT2D eigenvalue weighted by atomic mass is 9.62. The second-order valence-electron chi connectivity index (χ2n) is 7.96. The minimum atomic E-state index is -5.46. The molecule has 2 saturated carbocycles. The van der Waals surface area contributed by atoms with Crippen molar-refractivity contribution in [2.75, 3.05) is 0 Å². The average molecular weight is 360 g/mol. The number of alkyl halides is 5. The standard InChI is InChI=1S/C19H21F5O/c20-18(21,19(22,23)24)17-8-7-15-14-3-1-10-9-11(25)2-4-12(10)13(14)5-6-16(15)17/h9,14-17H,1-8H2. The van der Waals surface area contributed by atoms with E-state index in [1.165, 1.54) is 11.1 Å². The topological polar surface area (TPSA) is 17.1 Å². The molecule has 25 heavy (non-hydrogen) atoms.